The van der Waals surface area contributed by atoms with Crippen LogP contribution in [0.1, 0.15) is 24.5 Å². The summed E-state index contributed by atoms with van der Waals surface area (Å²) in [5.41, 5.74) is 1.09. The van der Waals surface area contributed by atoms with Crippen molar-refractivity contribution in [1.82, 2.24) is 25.4 Å². The molecule has 1 fully saturated rings. The topological polar surface area (TPSA) is 70.4 Å². The number of aromatic nitrogens is 3. The van der Waals surface area contributed by atoms with Crippen LogP contribution in [-0.2, 0) is 13.6 Å². The number of benzene rings is 1. The van der Waals surface area contributed by atoms with Crippen LogP contribution in [0.2, 0.25) is 5.02 Å². The van der Waals surface area contributed by atoms with E-state index in [2.05, 4.69) is 38.4 Å². The molecule has 1 aliphatic heterocycles. The maximum atomic E-state index is 6.39. The van der Waals surface area contributed by atoms with Gasteiger partial charge in [0.1, 0.15) is 12.4 Å². The van der Waals surface area contributed by atoms with Crippen LogP contribution in [0.25, 0.3) is 0 Å². The lowest BCUT2D eigenvalue weighted by Crippen LogP contribution is -2.51. The molecule has 9 heteroatoms. The van der Waals surface area contributed by atoms with E-state index < -0.39 is 0 Å². The van der Waals surface area contributed by atoms with Crippen LogP contribution < -0.4 is 15.5 Å². The summed E-state index contributed by atoms with van der Waals surface area (Å²) < 4.78 is 1.95. The van der Waals surface area contributed by atoms with Crippen LogP contribution in [0.5, 0.6) is 0 Å². The number of rotatable bonds is 6. The van der Waals surface area contributed by atoms with Crippen molar-refractivity contribution >= 4 is 47.2 Å². The SMILES string of the molecule is C=CCNC(=NCc1nnc(C)n1C)NC1CCCN(c2ccccc2Cl)C1.I. The molecule has 3 rings (SSSR count). The van der Waals surface area contributed by atoms with Crippen molar-refractivity contribution in [3.63, 3.8) is 0 Å². The highest BCUT2D eigenvalue weighted by Crippen LogP contribution is 2.27. The number of nitrogens with one attached hydrogen (secondary N) is 2. The predicted octanol–water partition coefficient (Wildman–Crippen LogP) is 3.29. The number of nitrogens with zero attached hydrogens (tertiary/aromatic N) is 5. The summed E-state index contributed by atoms with van der Waals surface area (Å²) >= 11 is 6.39. The van der Waals surface area contributed by atoms with E-state index >= 15 is 0 Å². The molecule has 158 valence electrons. The number of hydrogen-bond acceptors (Lipinski definition) is 4. The standard InChI is InChI=1S/C20H28ClN7.HI/c1-4-11-22-20(23-13-19-26-25-15(2)27(19)3)24-16-8-7-12-28(14-16)18-10-6-5-9-17(18)21;/h4-6,9-10,16H,1,7-8,11-14H2,2-3H3,(H2,22,23,24);1H. The minimum absolute atomic E-state index is 0. The lowest BCUT2D eigenvalue weighted by atomic mass is 10.0. The Kier molecular flexibility index (Phi) is 9.22. The lowest BCUT2D eigenvalue weighted by molar-refractivity contribution is 0.468. The molecule has 29 heavy (non-hydrogen) atoms. The number of aliphatic imine (C=N–C) groups is 1. The largest absolute Gasteiger partial charge is 0.368 e. The van der Waals surface area contributed by atoms with Gasteiger partial charge in [-0.15, -0.1) is 40.8 Å². The molecule has 1 saturated heterocycles. The second kappa shape index (κ2) is 11.4. The Morgan fingerprint density at radius 3 is 2.86 bits per heavy atom. The van der Waals surface area contributed by atoms with E-state index in [1.807, 2.05) is 42.8 Å². The van der Waals surface area contributed by atoms with E-state index in [1.54, 1.807) is 0 Å². The third-order valence-corrected chi connectivity index (χ3v) is 5.25. The molecule has 0 aliphatic carbocycles. The highest BCUT2D eigenvalue weighted by molar-refractivity contribution is 14.0. The Morgan fingerprint density at radius 1 is 1.38 bits per heavy atom. The van der Waals surface area contributed by atoms with Crippen molar-refractivity contribution < 1.29 is 0 Å². The van der Waals surface area contributed by atoms with Gasteiger partial charge in [-0.1, -0.05) is 29.8 Å². The van der Waals surface area contributed by atoms with Gasteiger partial charge >= 0.3 is 0 Å². The van der Waals surface area contributed by atoms with Gasteiger partial charge in [-0.25, -0.2) is 4.99 Å². The molecule has 0 bridgehead atoms. The smallest absolute Gasteiger partial charge is 0.192 e. The Bertz CT molecular complexity index is 836. The number of hydrogen-bond donors (Lipinski definition) is 2. The summed E-state index contributed by atoms with van der Waals surface area (Å²) in [6, 6.07) is 8.28. The number of aryl methyl sites for hydroxylation is 1. The van der Waals surface area contributed by atoms with Gasteiger partial charge in [0.2, 0.25) is 0 Å². The molecule has 2 N–H and O–H groups in total. The van der Waals surface area contributed by atoms with E-state index in [4.69, 9.17) is 16.6 Å². The Hall–Kier alpha value is -1.81. The van der Waals surface area contributed by atoms with E-state index in [-0.39, 0.29) is 30.0 Å². The number of piperidine rings is 1. The summed E-state index contributed by atoms with van der Waals surface area (Å²) in [7, 11) is 1.95. The van der Waals surface area contributed by atoms with Crippen LogP contribution in [-0.4, -0.2) is 46.4 Å². The molecule has 2 aromatic rings. The molecule has 1 unspecified atom stereocenters. The van der Waals surface area contributed by atoms with E-state index in [0.29, 0.717) is 13.1 Å². The Labute approximate surface area is 194 Å². The number of anilines is 1. The monoisotopic (exact) mass is 529 g/mol. The quantitative estimate of drug-likeness (QED) is 0.260. The van der Waals surface area contributed by atoms with Crippen LogP contribution in [0.4, 0.5) is 5.69 Å². The molecule has 2 heterocycles. The van der Waals surface area contributed by atoms with E-state index in [0.717, 1.165) is 54.2 Å². The van der Waals surface area contributed by atoms with Crippen molar-refractivity contribution in [1.29, 1.82) is 0 Å². The normalized spacial score (nSPS) is 16.9. The third-order valence-electron chi connectivity index (χ3n) is 4.93. The first-order valence-corrected chi connectivity index (χ1v) is 9.96. The lowest BCUT2D eigenvalue weighted by Gasteiger charge is -2.35. The highest BCUT2D eigenvalue weighted by atomic mass is 127. The van der Waals surface area contributed by atoms with Crippen molar-refractivity contribution in [2.75, 3.05) is 24.5 Å². The van der Waals surface area contributed by atoms with E-state index in [1.165, 1.54) is 0 Å². The molecule has 1 atom stereocenters. The molecular weight excluding hydrogens is 501 g/mol. The molecule has 1 aromatic carbocycles. The average molecular weight is 530 g/mol. The molecule has 1 aromatic heterocycles. The molecule has 0 radical (unpaired) electrons. The molecule has 1 aliphatic rings. The molecular formula is C20H29ClIN7. The van der Waals surface area contributed by atoms with Crippen molar-refractivity contribution in [3.8, 4) is 0 Å². The van der Waals surface area contributed by atoms with Crippen molar-refractivity contribution in [3.05, 3.63) is 53.6 Å². The number of para-hydroxylation sites is 1. The fraction of sp³-hybridized carbons (Fsp3) is 0.450. The van der Waals surface area contributed by atoms with Gasteiger partial charge in [0.15, 0.2) is 11.8 Å². The van der Waals surface area contributed by atoms with Gasteiger partial charge in [0.25, 0.3) is 0 Å². The maximum Gasteiger partial charge on any atom is 0.192 e. The molecule has 0 saturated carbocycles. The van der Waals surface area contributed by atoms with Crippen LogP contribution in [0.15, 0.2) is 41.9 Å². The first kappa shape index (κ1) is 23.5. The van der Waals surface area contributed by atoms with Gasteiger partial charge in [-0.05, 0) is 31.9 Å². The maximum absolute atomic E-state index is 6.39. The zero-order valence-electron chi connectivity index (χ0n) is 16.9. The van der Waals surface area contributed by atoms with Crippen LogP contribution in [0.3, 0.4) is 0 Å². The summed E-state index contributed by atoms with van der Waals surface area (Å²) in [6.45, 7) is 8.70. The van der Waals surface area contributed by atoms with Crippen molar-refractivity contribution in [2.24, 2.45) is 12.0 Å². The second-order valence-electron chi connectivity index (χ2n) is 6.94. The second-order valence-corrected chi connectivity index (χ2v) is 7.34. The molecule has 0 amide bonds. The number of halogens is 2. The minimum Gasteiger partial charge on any atom is -0.368 e. The number of guanidine groups is 1. The fourth-order valence-corrected chi connectivity index (χ4v) is 3.53. The fourth-order valence-electron chi connectivity index (χ4n) is 3.28. The van der Waals surface area contributed by atoms with Gasteiger partial charge in [-0.3, -0.25) is 0 Å². The zero-order chi connectivity index (χ0) is 19.9. The van der Waals surface area contributed by atoms with E-state index in [9.17, 15) is 0 Å². The van der Waals surface area contributed by atoms with Gasteiger partial charge < -0.3 is 20.1 Å². The molecule has 7 nitrogen and oxygen atoms in total. The molecule has 0 spiro atoms. The first-order chi connectivity index (χ1) is 13.6. The highest BCUT2D eigenvalue weighted by Gasteiger charge is 2.22. The first-order valence-electron chi connectivity index (χ1n) is 9.58. The third kappa shape index (κ3) is 6.33. The summed E-state index contributed by atoms with van der Waals surface area (Å²) in [6.07, 6.45) is 4.00. The van der Waals surface area contributed by atoms with Crippen LogP contribution >= 0.6 is 35.6 Å². The Morgan fingerprint density at radius 2 is 2.17 bits per heavy atom. The van der Waals surface area contributed by atoms with Gasteiger partial charge in [0, 0.05) is 32.7 Å². The van der Waals surface area contributed by atoms with Crippen molar-refractivity contribution in [2.45, 2.75) is 32.4 Å². The zero-order valence-corrected chi connectivity index (χ0v) is 20.0. The minimum atomic E-state index is 0. The predicted molar refractivity (Wildman–Crippen MR) is 130 cm³/mol. The summed E-state index contributed by atoms with van der Waals surface area (Å²) in [4.78, 5) is 7.03. The summed E-state index contributed by atoms with van der Waals surface area (Å²) in [5.74, 6) is 2.46. The summed E-state index contributed by atoms with van der Waals surface area (Å²) in [5, 5.41) is 15.9. The van der Waals surface area contributed by atoms with Gasteiger partial charge in [-0.2, -0.15) is 0 Å². The average Bonchev–Trinajstić information content (AvgIpc) is 3.02. The van der Waals surface area contributed by atoms with Crippen LogP contribution in [0, 0.1) is 6.92 Å². The van der Waals surface area contributed by atoms with Gasteiger partial charge in [0.05, 0.1) is 10.7 Å². The Balaban J connectivity index is 0.00000300.